The first-order valence-corrected chi connectivity index (χ1v) is 11.4. The van der Waals surface area contributed by atoms with Gasteiger partial charge in [0.15, 0.2) is 0 Å². The van der Waals surface area contributed by atoms with Gasteiger partial charge < -0.3 is 15.6 Å². The topological polar surface area (TPSA) is 103 Å². The molecule has 0 fully saturated rings. The maximum atomic E-state index is 14.0. The van der Waals surface area contributed by atoms with Crippen LogP contribution in [0, 0.1) is 5.92 Å². The maximum Gasteiger partial charge on any atom is 0.357 e. The molecule has 1 heterocycles. The summed E-state index contributed by atoms with van der Waals surface area (Å²) >= 11 is 0. The summed E-state index contributed by atoms with van der Waals surface area (Å²) in [5, 5.41) is 11.9. The van der Waals surface area contributed by atoms with E-state index in [0.29, 0.717) is 5.52 Å². The average molecular weight is 467 g/mol. The van der Waals surface area contributed by atoms with Crippen LogP contribution < -0.4 is 5.73 Å². The first-order chi connectivity index (χ1) is 16.1. The third-order valence-electron chi connectivity index (χ3n) is 5.79. The van der Waals surface area contributed by atoms with Gasteiger partial charge in [-0.3, -0.25) is 4.79 Å². The van der Waals surface area contributed by atoms with E-state index < -0.39 is 35.7 Å². The second-order valence-corrected chi connectivity index (χ2v) is 9.18. The number of para-hydroxylation sites is 1. The van der Waals surface area contributed by atoms with E-state index in [4.69, 9.17) is 10.5 Å². The van der Waals surface area contributed by atoms with Crippen molar-refractivity contribution in [3.63, 3.8) is 0 Å². The SMILES string of the molecule is CC(C)(F)CC[C@H](C[C@H](O)[C@H](Cc1ccccc1)OC(=O)c1ccc2ccccc2n1)C(N)=O. The summed E-state index contributed by atoms with van der Waals surface area (Å²) in [4.78, 5) is 29.3. The number of pyridine rings is 1. The minimum atomic E-state index is -1.46. The minimum absolute atomic E-state index is 0.0403. The molecule has 3 N–H and O–H groups in total. The van der Waals surface area contributed by atoms with Crippen LogP contribution in [0.25, 0.3) is 10.9 Å². The van der Waals surface area contributed by atoms with E-state index in [-0.39, 0.29) is 31.4 Å². The normalized spacial score (nSPS) is 14.4. The number of rotatable bonds is 11. The molecule has 3 atom stereocenters. The quantitative estimate of drug-likeness (QED) is 0.408. The zero-order valence-corrected chi connectivity index (χ0v) is 19.5. The first kappa shape index (κ1) is 25.3. The second kappa shape index (κ2) is 11.2. The molecule has 0 radical (unpaired) electrons. The highest BCUT2D eigenvalue weighted by molar-refractivity contribution is 5.91. The monoisotopic (exact) mass is 466 g/mol. The van der Waals surface area contributed by atoms with Gasteiger partial charge in [-0.05, 0) is 50.8 Å². The number of aromatic nitrogens is 1. The molecule has 2 aromatic carbocycles. The lowest BCUT2D eigenvalue weighted by atomic mass is 9.88. The number of hydrogen-bond donors (Lipinski definition) is 2. The molecule has 0 bridgehead atoms. The fourth-order valence-corrected chi connectivity index (χ4v) is 3.82. The van der Waals surface area contributed by atoms with E-state index in [1.165, 1.54) is 13.8 Å². The predicted octanol–water partition coefficient (Wildman–Crippen LogP) is 4.38. The lowest BCUT2D eigenvalue weighted by Gasteiger charge is -2.26. The van der Waals surface area contributed by atoms with Crippen molar-refractivity contribution in [3.8, 4) is 0 Å². The van der Waals surface area contributed by atoms with E-state index in [9.17, 15) is 19.1 Å². The molecule has 0 aliphatic rings. The van der Waals surface area contributed by atoms with Crippen molar-refractivity contribution in [3.05, 3.63) is 78.0 Å². The van der Waals surface area contributed by atoms with Crippen molar-refractivity contribution in [2.24, 2.45) is 11.7 Å². The Morgan fingerprint density at radius 3 is 2.41 bits per heavy atom. The number of hydrogen-bond acceptors (Lipinski definition) is 5. The molecule has 7 heteroatoms. The van der Waals surface area contributed by atoms with Crippen LogP contribution >= 0.6 is 0 Å². The van der Waals surface area contributed by atoms with E-state index in [2.05, 4.69) is 4.98 Å². The highest BCUT2D eigenvalue weighted by atomic mass is 19.1. The fourth-order valence-electron chi connectivity index (χ4n) is 3.82. The van der Waals surface area contributed by atoms with Crippen LogP contribution in [0.1, 0.15) is 49.2 Å². The molecular formula is C27H31FN2O4. The summed E-state index contributed by atoms with van der Waals surface area (Å²) in [6.07, 6.45) is -1.61. The number of carbonyl (C=O) groups is 2. The number of amides is 1. The number of esters is 1. The summed E-state index contributed by atoms with van der Waals surface area (Å²) < 4.78 is 19.7. The zero-order chi connectivity index (χ0) is 24.7. The summed E-state index contributed by atoms with van der Waals surface area (Å²) in [6, 6.07) is 20.0. The molecule has 3 rings (SSSR count). The number of aliphatic hydroxyl groups excluding tert-OH is 1. The molecule has 0 saturated heterocycles. The van der Waals surface area contributed by atoms with Gasteiger partial charge >= 0.3 is 5.97 Å². The van der Waals surface area contributed by atoms with Gasteiger partial charge in [0.1, 0.15) is 17.5 Å². The third-order valence-corrected chi connectivity index (χ3v) is 5.79. The number of nitrogens with two attached hydrogens (primary N) is 1. The van der Waals surface area contributed by atoms with Crippen LogP contribution in [-0.4, -0.2) is 39.8 Å². The molecule has 3 aromatic rings. The van der Waals surface area contributed by atoms with Crippen LogP contribution in [0.4, 0.5) is 4.39 Å². The molecule has 0 saturated carbocycles. The van der Waals surface area contributed by atoms with Crippen LogP contribution in [-0.2, 0) is 16.0 Å². The lowest BCUT2D eigenvalue weighted by Crippen LogP contribution is -2.38. The predicted molar refractivity (Wildman–Crippen MR) is 129 cm³/mol. The molecule has 1 amide bonds. The molecule has 0 aliphatic carbocycles. The third kappa shape index (κ3) is 7.35. The van der Waals surface area contributed by atoms with E-state index in [0.717, 1.165) is 10.9 Å². The fraction of sp³-hybridized carbons (Fsp3) is 0.370. The van der Waals surface area contributed by atoms with Gasteiger partial charge in [-0.1, -0.05) is 54.6 Å². The van der Waals surface area contributed by atoms with Crippen LogP contribution in [0.2, 0.25) is 0 Å². The van der Waals surface area contributed by atoms with Crippen LogP contribution in [0.3, 0.4) is 0 Å². The number of halogens is 1. The first-order valence-electron chi connectivity index (χ1n) is 11.4. The van der Waals surface area contributed by atoms with E-state index in [1.54, 1.807) is 18.2 Å². The molecule has 6 nitrogen and oxygen atoms in total. The second-order valence-electron chi connectivity index (χ2n) is 9.18. The number of carbonyl (C=O) groups excluding carboxylic acids is 2. The van der Waals surface area contributed by atoms with Gasteiger partial charge in [-0.2, -0.15) is 0 Å². The minimum Gasteiger partial charge on any atom is -0.455 e. The summed E-state index contributed by atoms with van der Waals surface area (Å²) in [5.41, 5.74) is 5.69. The number of fused-ring (bicyclic) bond motifs is 1. The van der Waals surface area contributed by atoms with Crippen molar-refractivity contribution in [2.75, 3.05) is 0 Å². The number of nitrogens with zero attached hydrogens (tertiary/aromatic N) is 1. The summed E-state index contributed by atoms with van der Waals surface area (Å²) in [7, 11) is 0. The Morgan fingerprint density at radius 2 is 1.74 bits per heavy atom. The average Bonchev–Trinajstić information content (AvgIpc) is 2.80. The standard InChI is InChI=1S/C27H31FN2O4/c1-27(2,28)15-14-20(25(29)32)17-23(31)24(16-18-8-4-3-5-9-18)34-26(33)22-13-12-19-10-6-7-11-21(19)30-22/h3-13,20,23-24,31H,14-17H2,1-2H3,(H2,29,32)/t20-,23+,24+/m1/s1. The highest BCUT2D eigenvalue weighted by Gasteiger charge is 2.31. The van der Waals surface area contributed by atoms with Gasteiger partial charge in [0, 0.05) is 17.7 Å². The molecular weight excluding hydrogens is 435 g/mol. The molecule has 180 valence electrons. The molecule has 0 spiro atoms. The smallest absolute Gasteiger partial charge is 0.357 e. The lowest BCUT2D eigenvalue weighted by molar-refractivity contribution is -0.124. The van der Waals surface area contributed by atoms with Gasteiger partial charge in [-0.25, -0.2) is 14.2 Å². The van der Waals surface area contributed by atoms with Gasteiger partial charge in [0.25, 0.3) is 0 Å². The Balaban J connectivity index is 1.78. The Kier molecular flexibility index (Phi) is 8.34. The maximum absolute atomic E-state index is 14.0. The Hall–Kier alpha value is -3.32. The Morgan fingerprint density at radius 1 is 1.06 bits per heavy atom. The van der Waals surface area contributed by atoms with Crippen molar-refractivity contribution >= 4 is 22.8 Å². The summed E-state index contributed by atoms with van der Waals surface area (Å²) in [5.74, 6) is -2.05. The van der Waals surface area contributed by atoms with E-state index >= 15 is 0 Å². The van der Waals surface area contributed by atoms with E-state index in [1.807, 2.05) is 48.5 Å². The molecule has 34 heavy (non-hydrogen) atoms. The highest BCUT2D eigenvalue weighted by Crippen LogP contribution is 2.25. The number of aliphatic hydroxyl groups is 1. The van der Waals surface area contributed by atoms with Crippen LogP contribution in [0.5, 0.6) is 0 Å². The number of ether oxygens (including phenoxy) is 1. The van der Waals surface area contributed by atoms with Crippen molar-refractivity contribution < 1.29 is 23.8 Å². The summed E-state index contributed by atoms with van der Waals surface area (Å²) in [6.45, 7) is 2.86. The van der Waals surface area contributed by atoms with Gasteiger partial charge in [-0.15, -0.1) is 0 Å². The molecule has 0 unspecified atom stereocenters. The number of benzene rings is 2. The number of alkyl halides is 1. The number of primary amides is 1. The van der Waals surface area contributed by atoms with Crippen LogP contribution in [0.15, 0.2) is 66.7 Å². The van der Waals surface area contributed by atoms with Crippen molar-refractivity contribution in [2.45, 2.75) is 57.4 Å². The van der Waals surface area contributed by atoms with Gasteiger partial charge in [0.05, 0.1) is 11.6 Å². The molecule has 0 aliphatic heterocycles. The zero-order valence-electron chi connectivity index (χ0n) is 19.5. The molecule has 1 aromatic heterocycles. The Bertz CT molecular complexity index is 1110. The van der Waals surface area contributed by atoms with Gasteiger partial charge in [0.2, 0.25) is 5.91 Å². The largest absolute Gasteiger partial charge is 0.455 e. The van der Waals surface area contributed by atoms with Crippen molar-refractivity contribution in [1.29, 1.82) is 0 Å². The van der Waals surface area contributed by atoms with Crippen molar-refractivity contribution in [1.82, 2.24) is 4.98 Å². The Labute approximate surface area is 199 Å².